The summed E-state index contributed by atoms with van der Waals surface area (Å²) in [6.07, 6.45) is 8.42. The predicted molar refractivity (Wildman–Crippen MR) is 66.1 cm³/mol. The summed E-state index contributed by atoms with van der Waals surface area (Å²) >= 11 is 0. The molecular weight excluding hydrogens is 207 g/mol. The summed E-state index contributed by atoms with van der Waals surface area (Å²) in [5.41, 5.74) is -0.713. The second-order valence-corrected chi connectivity index (χ2v) is 9.44. The van der Waals surface area contributed by atoms with Gasteiger partial charge in [0, 0.05) is 6.42 Å². The van der Waals surface area contributed by atoms with Crippen LogP contribution in [0.3, 0.4) is 0 Å². The molecule has 0 aromatic heterocycles. The molecule has 0 aromatic rings. The average molecular weight is 230 g/mol. The van der Waals surface area contributed by atoms with Crippen molar-refractivity contribution in [2.24, 2.45) is 0 Å². The van der Waals surface area contributed by atoms with Crippen LogP contribution in [-0.2, 0) is 4.43 Å². The minimum atomic E-state index is -1.74. The summed E-state index contributed by atoms with van der Waals surface area (Å²) in [6.45, 7) is 7.83. The van der Waals surface area contributed by atoms with Gasteiger partial charge >= 0.3 is 0 Å². The van der Waals surface area contributed by atoms with Crippen molar-refractivity contribution in [1.82, 2.24) is 0 Å². The summed E-state index contributed by atoms with van der Waals surface area (Å²) in [5.74, 6) is 2.55. The van der Waals surface area contributed by atoms with Crippen LogP contribution in [0.4, 0.5) is 4.39 Å². The van der Waals surface area contributed by atoms with E-state index in [0.717, 1.165) is 19.3 Å². The highest BCUT2D eigenvalue weighted by Crippen LogP contribution is 2.28. The Bertz CT molecular complexity index is 217. The number of rotatable bonds is 7. The van der Waals surface area contributed by atoms with Gasteiger partial charge in [-0.3, -0.25) is 0 Å². The van der Waals surface area contributed by atoms with Gasteiger partial charge in [0.25, 0.3) is 0 Å². The van der Waals surface area contributed by atoms with Crippen LogP contribution < -0.4 is 0 Å². The van der Waals surface area contributed by atoms with E-state index in [0.29, 0.717) is 6.42 Å². The first kappa shape index (κ1) is 14.7. The van der Waals surface area contributed by atoms with Crippen molar-refractivity contribution in [1.29, 1.82) is 0 Å². The lowest BCUT2D eigenvalue weighted by molar-refractivity contribution is 0.0283. The fraction of sp³-hybridized carbons (Fsp3) is 0.833. The van der Waals surface area contributed by atoms with Crippen LogP contribution in [0.25, 0.3) is 0 Å². The second-order valence-electron chi connectivity index (χ2n) is 5.02. The van der Waals surface area contributed by atoms with Gasteiger partial charge in [0.1, 0.15) is 6.67 Å². The van der Waals surface area contributed by atoms with Gasteiger partial charge in [0.15, 0.2) is 8.32 Å². The first-order chi connectivity index (χ1) is 6.89. The third kappa shape index (κ3) is 5.96. The largest absolute Gasteiger partial charge is 0.408 e. The van der Waals surface area contributed by atoms with E-state index >= 15 is 0 Å². The SMILES string of the molecule is C#CCC(CF)(CCCC)O[Si](C)(C)C. The van der Waals surface area contributed by atoms with Crippen LogP contribution >= 0.6 is 0 Å². The first-order valence-corrected chi connectivity index (χ1v) is 8.99. The van der Waals surface area contributed by atoms with Crippen molar-refractivity contribution in [2.45, 2.75) is 57.8 Å². The van der Waals surface area contributed by atoms with Gasteiger partial charge in [-0.05, 0) is 26.1 Å². The maximum Gasteiger partial charge on any atom is 0.184 e. The Morgan fingerprint density at radius 2 is 2.00 bits per heavy atom. The molecule has 0 saturated carbocycles. The molecule has 0 aliphatic heterocycles. The van der Waals surface area contributed by atoms with E-state index in [1.807, 2.05) is 0 Å². The minimum absolute atomic E-state index is 0.383. The Kier molecular flexibility index (Phi) is 6.15. The van der Waals surface area contributed by atoms with Crippen molar-refractivity contribution in [3.05, 3.63) is 0 Å². The van der Waals surface area contributed by atoms with Gasteiger partial charge < -0.3 is 4.43 Å². The zero-order valence-electron chi connectivity index (χ0n) is 10.4. The minimum Gasteiger partial charge on any atom is -0.408 e. The number of alkyl halides is 1. The second kappa shape index (κ2) is 6.29. The van der Waals surface area contributed by atoms with Gasteiger partial charge in [-0.25, -0.2) is 4.39 Å². The monoisotopic (exact) mass is 230 g/mol. The number of hydrogen-bond acceptors (Lipinski definition) is 1. The topological polar surface area (TPSA) is 9.23 Å². The summed E-state index contributed by atoms with van der Waals surface area (Å²) in [7, 11) is -1.74. The smallest absolute Gasteiger partial charge is 0.184 e. The molecule has 15 heavy (non-hydrogen) atoms. The van der Waals surface area contributed by atoms with Crippen LogP contribution in [0.2, 0.25) is 19.6 Å². The molecule has 0 saturated heterocycles. The summed E-state index contributed by atoms with van der Waals surface area (Å²) in [5, 5.41) is 0. The zero-order valence-corrected chi connectivity index (χ0v) is 11.4. The van der Waals surface area contributed by atoms with E-state index in [1.165, 1.54) is 0 Å². The van der Waals surface area contributed by atoms with E-state index in [-0.39, 0.29) is 0 Å². The molecule has 0 radical (unpaired) electrons. The van der Waals surface area contributed by atoms with Crippen LogP contribution in [0.5, 0.6) is 0 Å². The molecule has 88 valence electrons. The van der Waals surface area contributed by atoms with Crippen molar-refractivity contribution in [2.75, 3.05) is 6.67 Å². The lowest BCUT2D eigenvalue weighted by Crippen LogP contribution is -2.44. The molecule has 3 heteroatoms. The third-order valence-corrected chi connectivity index (χ3v) is 3.22. The number of hydrogen-bond donors (Lipinski definition) is 0. The Morgan fingerprint density at radius 3 is 2.33 bits per heavy atom. The fourth-order valence-corrected chi connectivity index (χ4v) is 3.18. The van der Waals surface area contributed by atoms with Crippen molar-refractivity contribution in [3.8, 4) is 12.3 Å². The highest BCUT2D eigenvalue weighted by molar-refractivity contribution is 6.69. The molecule has 0 fully saturated rings. The van der Waals surface area contributed by atoms with Crippen LogP contribution in [0.1, 0.15) is 32.6 Å². The lowest BCUT2D eigenvalue weighted by Gasteiger charge is -2.36. The summed E-state index contributed by atoms with van der Waals surface area (Å²) in [6, 6.07) is 0. The molecule has 1 unspecified atom stereocenters. The van der Waals surface area contributed by atoms with Crippen LogP contribution in [-0.4, -0.2) is 20.6 Å². The van der Waals surface area contributed by atoms with Gasteiger partial charge in [0.2, 0.25) is 0 Å². The van der Waals surface area contributed by atoms with Crippen LogP contribution in [0, 0.1) is 12.3 Å². The molecule has 0 aromatic carbocycles. The van der Waals surface area contributed by atoms with Crippen LogP contribution in [0.15, 0.2) is 0 Å². The molecule has 0 aliphatic carbocycles. The Labute approximate surface area is 94.5 Å². The molecule has 0 heterocycles. The van der Waals surface area contributed by atoms with Crippen molar-refractivity contribution < 1.29 is 8.82 Å². The maximum atomic E-state index is 13.2. The number of unbranched alkanes of at least 4 members (excludes halogenated alkanes) is 1. The molecular formula is C12H23FOSi. The Hall–Kier alpha value is -0.333. The molecule has 0 rings (SSSR count). The normalized spacial score (nSPS) is 15.7. The van der Waals surface area contributed by atoms with E-state index in [9.17, 15) is 4.39 Å². The van der Waals surface area contributed by atoms with E-state index in [4.69, 9.17) is 10.8 Å². The summed E-state index contributed by atoms with van der Waals surface area (Å²) < 4.78 is 19.1. The zero-order chi connectivity index (χ0) is 11.9. The first-order valence-electron chi connectivity index (χ1n) is 5.59. The van der Waals surface area contributed by atoms with Crippen molar-refractivity contribution >= 4 is 8.32 Å². The van der Waals surface area contributed by atoms with Gasteiger partial charge in [-0.15, -0.1) is 12.3 Å². The fourth-order valence-electron chi connectivity index (χ4n) is 1.65. The molecule has 1 nitrogen and oxygen atoms in total. The number of halogens is 1. The predicted octanol–water partition coefficient (Wildman–Crippen LogP) is 3.76. The molecule has 0 bridgehead atoms. The molecule has 1 atom stereocenters. The van der Waals surface area contributed by atoms with Crippen molar-refractivity contribution in [3.63, 3.8) is 0 Å². The third-order valence-electron chi connectivity index (χ3n) is 2.18. The Balaban J connectivity index is 4.58. The van der Waals surface area contributed by atoms with Gasteiger partial charge in [-0.1, -0.05) is 19.8 Å². The maximum absolute atomic E-state index is 13.2. The number of terminal acetylenes is 1. The lowest BCUT2D eigenvalue weighted by atomic mass is 9.95. The average Bonchev–Trinajstić information content (AvgIpc) is 2.12. The summed E-state index contributed by atoms with van der Waals surface area (Å²) in [4.78, 5) is 0. The van der Waals surface area contributed by atoms with E-state index in [1.54, 1.807) is 0 Å². The van der Waals surface area contributed by atoms with E-state index < -0.39 is 20.6 Å². The molecule has 0 N–H and O–H groups in total. The van der Waals surface area contributed by atoms with Gasteiger partial charge in [0.05, 0.1) is 5.60 Å². The Morgan fingerprint density at radius 1 is 1.40 bits per heavy atom. The molecule has 0 amide bonds. The molecule has 0 spiro atoms. The highest BCUT2D eigenvalue weighted by Gasteiger charge is 2.35. The highest BCUT2D eigenvalue weighted by atomic mass is 28.4. The van der Waals surface area contributed by atoms with E-state index in [2.05, 4.69) is 32.5 Å². The van der Waals surface area contributed by atoms with Gasteiger partial charge in [-0.2, -0.15) is 0 Å². The standard InChI is InChI=1S/C12H23FOSi/c1-6-8-10-12(11-13,9-7-2)14-15(3,4)5/h2H,6,8-11H2,1,3-5H3. The quantitative estimate of drug-likeness (QED) is 0.478. The molecule has 0 aliphatic rings.